The molecule has 2 saturated carbocycles. The Kier molecular flexibility index (Phi) is 11.3. The molecule has 0 spiro atoms. The summed E-state index contributed by atoms with van der Waals surface area (Å²) >= 11 is 0. The molecule has 1 aliphatic heterocycles. The smallest absolute Gasteiger partial charge is 0.106 e. The average Bonchev–Trinajstić information content (AvgIpc) is 3.49. The molecule has 242 valence electrons. The number of ether oxygens (including phenoxy) is 1. The molecule has 0 aromatic rings. The monoisotopic (exact) mass is 602 g/mol. The van der Waals surface area contributed by atoms with Gasteiger partial charge in [-0.1, -0.05) is 129 Å². The Balaban J connectivity index is 1.50. The first-order chi connectivity index (χ1) is 20.3. The van der Waals surface area contributed by atoms with E-state index in [4.69, 9.17) is 4.74 Å². The summed E-state index contributed by atoms with van der Waals surface area (Å²) < 4.78 is 6.30. The molecule has 0 aromatic carbocycles. The highest BCUT2D eigenvalue weighted by molar-refractivity contribution is 5.35. The fourth-order valence-electron chi connectivity index (χ4n) is 7.58. The number of hydrogen-bond acceptors (Lipinski definition) is 4. The summed E-state index contributed by atoms with van der Waals surface area (Å²) in [5.41, 5.74) is 3.92. The van der Waals surface area contributed by atoms with Crippen molar-refractivity contribution in [2.75, 3.05) is 0 Å². The molecule has 0 radical (unpaired) electrons. The van der Waals surface area contributed by atoms with E-state index in [-0.39, 0.29) is 28.1 Å². The number of fused-ring (bicyclic) bond motifs is 1. The molecule has 2 aliphatic carbocycles. The number of rotatable bonds is 10. The molecule has 3 aliphatic rings. The van der Waals surface area contributed by atoms with Gasteiger partial charge in [-0.2, -0.15) is 0 Å². The third-order valence-electron chi connectivity index (χ3n) is 9.85. The third-order valence-corrected chi connectivity index (χ3v) is 9.85. The van der Waals surface area contributed by atoms with Crippen molar-refractivity contribution in [1.29, 1.82) is 0 Å². The Morgan fingerprint density at radius 1 is 0.682 bits per heavy atom. The zero-order chi connectivity index (χ0) is 33.0. The van der Waals surface area contributed by atoms with E-state index in [0.717, 1.165) is 36.0 Å². The minimum absolute atomic E-state index is 0.0466. The van der Waals surface area contributed by atoms with Crippen molar-refractivity contribution in [2.24, 2.45) is 10.8 Å². The quantitative estimate of drug-likeness (QED) is 0.172. The largest absolute Gasteiger partial charge is 0.393 e. The molecule has 3 fully saturated rings. The standard InChI is InChI=1S/C40H58O4/c1-29(17-13-19-31(3)21-22-35-36(5,6)25-33(41)27-38(35,9)43)15-11-12-16-30(2)18-14-20-32(4)23-24-40-37(7,8)26-34(42)28-39(40,10)44-40/h11-23,33-34,41-43H,24-28H2,1-10H3/t33?,34?,38-,39-,40+/m1/s1. The Morgan fingerprint density at radius 3 is 1.73 bits per heavy atom. The van der Waals surface area contributed by atoms with Crippen molar-refractivity contribution in [1.82, 2.24) is 0 Å². The van der Waals surface area contributed by atoms with Crippen LogP contribution in [0.3, 0.4) is 0 Å². The van der Waals surface area contributed by atoms with Gasteiger partial charge in [-0.3, -0.25) is 0 Å². The number of hydrogen-bond donors (Lipinski definition) is 3. The van der Waals surface area contributed by atoms with Crippen LogP contribution in [0.15, 0.2) is 107 Å². The van der Waals surface area contributed by atoms with Gasteiger partial charge in [0, 0.05) is 12.8 Å². The Bertz CT molecular complexity index is 1300. The lowest BCUT2D eigenvalue weighted by Gasteiger charge is -2.45. The highest BCUT2D eigenvalue weighted by Gasteiger charge is 2.75. The highest BCUT2D eigenvalue weighted by atomic mass is 16.6. The minimum atomic E-state index is -0.997. The SMILES string of the molecule is CC(C=CC=CC(C)=CC=CC(C)=CC[C@@]12O[C@]1(C)CC(O)CC2(C)C)=CC=CC(C)=CC=C1C(C)(C)CC(O)C[C@@]1(C)O. The summed E-state index contributed by atoms with van der Waals surface area (Å²) in [5.74, 6) is 0. The van der Waals surface area contributed by atoms with Crippen molar-refractivity contribution in [2.45, 2.75) is 130 Å². The lowest BCUT2D eigenvalue weighted by molar-refractivity contribution is -0.0271. The normalized spacial score (nSPS) is 35.9. The molecule has 4 nitrogen and oxygen atoms in total. The minimum Gasteiger partial charge on any atom is -0.393 e. The molecule has 3 N–H and O–H groups in total. The summed E-state index contributed by atoms with van der Waals surface area (Å²) in [6.45, 7) is 20.9. The van der Waals surface area contributed by atoms with Gasteiger partial charge in [0.25, 0.3) is 0 Å². The van der Waals surface area contributed by atoms with Crippen LogP contribution in [-0.4, -0.2) is 44.3 Å². The zero-order valence-corrected chi connectivity index (χ0v) is 28.9. The first-order valence-electron chi connectivity index (χ1n) is 16.2. The van der Waals surface area contributed by atoms with Gasteiger partial charge in [-0.15, -0.1) is 0 Å². The lowest BCUT2D eigenvalue weighted by Crippen LogP contribution is -2.47. The van der Waals surface area contributed by atoms with Crippen LogP contribution in [0.1, 0.15) is 101 Å². The van der Waals surface area contributed by atoms with E-state index in [0.29, 0.717) is 12.8 Å². The second kappa shape index (κ2) is 13.9. The molecular weight excluding hydrogens is 544 g/mol. The Morgan fingerprint density at radius 2 is 1.18 bits per heavy atom. The highest BCUT2D eigenvalue weighted by Crippen LogP contribution is 2.67. The van der Waals surface area contributed by atoms with E-state index >= 15 is 0 Å². The second-order valence-corrected chi connectivity index (χ2v) is 15.2. The summed E-state index contributed by atoms with van der Waals surface area (Å²) in [5, 5.41) is 31.3. The van der Waals surface area contributed by atoms with Crippen LogP contribution < -0.4 is 0 Å². The Labute approximate surface area is 267 Å². The first kappa shape index (κ1) is 36.0. The van der Waals surface area contributed by atoms with E-state index in [1.165, 1.54) is 11.1 Å². The predicted molar refractivity (Wildman–Crippen MR) is 185 cm³/mol. The van der Waals surface area contributed by atoms with Crippen molar-refractivity contribution in [3.05, 3.63) is 107 Å². The van der Waals surface area contributed by atoms with Gasteiger partial charge in [0.15, 0.2) is 0 Å². The lowest BCUT2D eigenvalue weighted by atomic mass is 9.62. The molecule has 1 saturated heterocycles. The van der Waals surface area contributed by atoms with E-state index < -0.39 is 11.7 Å². The van der Waals surface area contributed by atoms with Gasteiger partial charge in [0.1, 0.15) is 5.60 Å². The van der Waals surface area contributed by atoms with Gasteiger partial charge in [0.05, 0.1) is 23.4 Å². The van der Waals surface area contributed by atoms with Crippen LogP contribution in [-0.2, 0) is 4.74 Å². The first-order valence-corrected chi connectivity index (χ1v) is 16.2. The van der Waals surface area contributed by atoms with Gasteiger partial charge >= 0.3 is 0 Å². The topological polar surface area (TPSA) is 73.2 Å². The molecule has 1 heterocycles. The number of aliphatic hydroxyl groups excluding tert-OH is 2. The molecule has 44 heavy (non-hydrogen) atoms. The molecule has 5 atom stereocenters. The number of allylic oxidation sites excluding steroid dienone is 16. The molecule has 0 aromatic heterocycles. The predicted octanol–water partition coefficient (Wildman–Crippen LogP) is 8.95. The van der Waals surface area contributed by atoms with Crippen LogP contribution in [0.2, 0.25) is 0 Å². The van der Waals surface area contributed by atoms with Crippen LogP contribution >= 0.6 is 0 Å². The van der Waals surface area contributed by atoms with Crippen LogP contribution in [0.4, 0.5) is 0 Å². The van der Waals surface area contributed by atoms with Crippen LogP contribution in [0.5, 0.6) is 0 Å². The fourth-order valence-corrected chi connectivity index (χ4v) is 7.58. The molecular formula is C40H58O4. The summed E-state index contributed by atoms with van der Waals surface area (Å²) in [6, 6.07) is 0. The second-order valence-electron chi connectivity index (χ2n) is 15.2. The van der Waals surface area contributed by atoms with E-state index in [2.05, 4.69) is 123 Å². The Hall–Kier alpha value is -2.50. The summed E-state index contributed by atoms with van der Waals surface area (Å²) in [4.78, 5) is 0. The van der Waals surface area contributed by atoms with Crippen LogP contribution in [0, 0.1) is 10.8 Å². The van der Waals surface area contributed by atoms with Crippen LogP contribution in [0.25, 0.3) is 0 Å². The molecule has 0 amide bonds. The molecule has 0 bridgehead atoms. The van der Waals surface area contributed by atoms with Crippen molar-refractivity contribution < 1.29 is 20.1 Å². The van der Waals surface area contributed by atoms with Crippen molar-refractivity contribution in [3.63, 3.8) is 0 Å². The van der Waals surface area contributed by atoms with Gasteiger partial charge < -0.3 is 20.1 Å². The van der Waals surface area contributed by atoms with Gasteiger partial charge in [0.2, 0.25) is 0 Å². The van der Waals surface area contributed by atoms with Crippen molar-refractivity contribution in [3.8, 4) is 0 Å². The van der Waals surface area contributed by atoms with Crippen molar-refractivity contribution >= 4 is 0 Å². The van der Waals surface area contributed by atoms with E-state index in [9.17, 15) is 15.3 Å². The third kappa shape index (κ3) is 8.81. The molecule has 3 rings (SSSR count). The maximum atomic E-state index is 10.9. The molecule has 2 unspecified atom stereocenters. The van der Waals surface area contributed by atoms with Gasteiger partial charge in [-0.25, -0.2) is 0 Å². The molecule has 4 heteroatoms. The van der Waals surface area contributed by atoms with Gasteiger partial charge in [-0.05, 0) is 77.2 Å². The van der Waals surface area contributed by atoms with E-state index in [1.807, 2.05) is 18.2 Å². The summed E-state index contributed by atoms with van der Waals surface area (Å²) in [7, 11) is 0. The maximum Gasteiger partial charge on any atom is 0.106 e. The summed E-state index contributed by atoms with van der Waals surface area (Å²) in [6.07, 6.45) is 29.8. The fraction of sp³-hybridized carbons (Fsp3) is 0.550. The average molecular weight is 603 g/mol. The van der Waals surface area contributed by atoms with E-state index in [1.54, 1.807) is 6.92 Å². The number of epoxide rings is 1. The maximum absolute atomic E-state index is 10.9. The number of aliphatic hydroxyl groups is 3. The zero-order valence-electron chi connectivity index (χ0n) is 28.9.